The number of urea groups is 1. The van der Waals surface area contributed by atoms with Gasteiger partial charge >= 0.3 is 6.03 Å². The summed E-state index contributed by atoms with van der Waals surface area (Å²) in [5.41, 5.74) is 0.324. The van der Waals surface area contributed by atoms with Crippen molar-refractivity contribution in [2.45, 2.75) is 89.3 Å². The highest BCUT2D eigenvalue weighted by Gasteiger charge is 2.42. The minimum Gasteiger partial charge on any atom is -0.378 e. The normalized spacial score (nSPS) is 25.2. The highest BCUT2D eigenvalue weighted by Crippen LogP contribution is 2.38. The molecule has 8 heteroatoms. The van der Waals surface area contributed by atoms with Crippen molar-refractivity contribution in [3.8, 4) is 6.07 Å². The van der Waals surface area contributed by atoms with E-state index in [0.717, 1.165) is 13.1 Å². The molecule has 8 nitrogen and oxygen atoms in total. The van der Waals surface area contributed by atoms with Gasteiger partial charge in [0.05, 0.1) is 19.3 Å². The summed E-state index contributed by atoms with van der Waals surface area (Å²) in [4.78, 5) is 30.7. The SMILES string of the molecule is CC(C)(C)CC(NC(=O)N1CCOCC1)C(=O)NC1(C#N)CCN(C2CCCCC2c2ccccc2)CC1. The van der Waals surface area contributed by atoms with Crippen molar-refractivity contribution in [3.05, 3.63) is 35.9 Å². The molecule has 3 unspecified atom stereocenters. The molecule has 3 atom stereocenters. The van der Waals surface area contributed by atoms with Crippen molar-refractivity contribution >= 4 is 11.9 Å². The topological polar surface area (TPSA) is 97.7 Å². The van der Waals surface area contributed by atoms with Crippen LogP contribution in [0, 0.1) is 16.7 Å². The van der Waals surface area contributed by atoms with E-state index in [2.05, 4.69) is 72.7 Å². The maximum Gasteiger partial charge on any atom is 0.318 e. The van der Waals surface area contributed by atoms with Crippen molar-refractivity contribution in [3.63, 3.8) is 0 Å². The van der Waals surface area contributed by atoms with Crippen LogP contribution in [0.5, 0.6) is 0 Å². The number of rotatable bonds is 6. The number of hydrogen-bond acceptors (Lipinski definition) is 5. The number of likely N-dealkylation sites (tertiary alicyclic amines) is 1. The van der Waals surface area contributed by atoms with E-state index in [1.807, 2.05) is 0 Å². The first kappa shape index (κ1) is 28.4. The maximum absolute atomic E-state index is 13.6. The van der Waals surface area contributed by atoms with Crippen LogP contribution in [0.1, 0.15) is 77.2 Å². The van der Waals surface area contributed by atoms with E-state index in [1.54, 1.807) is 4.90 Å². The first-order chi connectivity index (χ1) is 18.2. The summed E-state index contributed by atoms with van der Waals surface area (Å²) in [6, 6.07) is 12.8. The van der Waals surface area contributed by atoms with Crippen LogP contribution in [0.15, 0.2) is 30.3 Å². The standard InChI is InChI=1S/C30H45N5O3/c1-29(2,3)21-25(32-28(37)35-17-19-38-20-18-35)27(36)33-30(22-31)13-15-34(16-14-30)26-12-8-7-11-24(26)23-9-5-4-6-10-23/h4-6,9-10,24-26H,7-8,11-21H2,1-3H3,(H,32,37)(H,33,36). The Balaban J connectivity index is 1.40. The van der Waals surface area contributed by atoms with Crippen molar-refractivity contribution in [2.75, 3.05) is 39.4 Å². The summed E-state index contributed by atoms with van der Waals surface area (Å²) in [7, 11) is 0. The van der Waals surface area contributed by atoms with E-state index in [-0.39, 0.29) is 17.4 Å². The molecule has 0 aromatic heterocycles. The molecule has 3 fully saturated rings. The zero-order valence-electron chi connectivity index (χ0n) is 23.4. The Morgan fingerprint density at radius 2 is 1.74 bits per heavy atom. The van der Waals surface area contributed by atoms with Gasteiger partial charge in [0.15, 0.2) is 0 Å². The van der Waals surface area contributed by atoms with Gasteiger partial charge < -0.3 is 20.3 Å². The lowest BCUT2D eigenvalue weighted by Crippen LogP contribution is -2.61. The molecule has 0 bridgehead atoms. The van der Waals surface area contributed by atoms with Gasteiger partial charge in [0, 0.05) is 32.2 Å². The lowest BCUT2D eigenvalue weighted by atomic mass is 9.77. The predicted octanol–water partition coefficient (Wildman–Crippen LogP) is 4.03. The van der Waals surface area contributed by atoms with Gasteiger partial charge in [-0.3, -0.25) is 9.69 Å². The van der Waals surface area contributed by atoms with E-state index >= 15 is 0 Å². The molecule has 1 aromatic rings. The Hall–Kier alpha value is -2.63. The quantitative estimate of drug-likeness (QED) is 0.587. The fourth-order valence-electron chi connectivity index (χ4n) is 6.29. The minimum atomic E-state index is -0.912. The molecule has 2 aliphatic heterocycles. The smallest absolute Gasteiger partial charge is 0.318 e. The highest BCUT2D eigenvalue weighted by molar-refractivity contribution is 5.88. The van der Waals surface area contributed by atoms with Crippen LogP contribution in [0.25, 0.3) is 0 Å². The average molecular weight is 524 g/mol. The number of nitriles is 1. The van der Waals surface area contributed by atoms with Crippen LogP contribution in [0.2, 0.25) is 0 Å². The van der Waals surface area contributed by atoms with Crippen LogP contribution in [0.4, 0.5) is 4.79 Å². The molecule has 0 radical (unpaired) electrons. The number of nitrogens with zero attached hydrogens (tertiary/aromatic N) is 3. The third-order valence-electron chi connectivity index (χ3n) is 8.38. The number of benzene rings is 1. The lowest BCUT2D eigenvalue weighted by molar-refractivity contribution is -0.125. The van der Waals surface area contributed by atoms with Crippen LogP contribution in [0.3, 0.4) is 0 Å². The zero-order chi connectivity index (χ0) is 27.2. The molecule has 3 aliphatic rings. The van der Waals surface area contributed by atoms with E-state index in [9.17, 15) is 14.9 Å². The van der Waals surface area contributed by atoms with Crippen LogP contribution in [-0.2, 0) is 9.53 Å². The molecule has 2 saturated heterocycles. The molecule has 2 N–H and O–H groups in total. The second-order valence-corrected chi connectivity index (χ2v) is 12.5. The Labute approximate surface area is 228 Å². The number of carbonyl (C=O) groups is 2. The lowest BCUT2D eigenvalue weighted by Gasteiger charge is -2.46. The van der Waals surface area contributed by atoms with Gasteiger partial charge in [-0.15, -0.1) is 0 Å². The first-order valence-corrected chi connectivity index (χ1v) is 14.4. The van der Waals surface area contributed by atoms with Gasteiger partial charge in [-0.05, 0) is 49.0 Å². The summed E-state index contributed by atoms with van der Waals surface area (Å²) in [6.07, 6.45) is 6.54. The fourth-order valence-corrected chi connectivity index (χ4v) is 6.29. The molecule has 4 rings (SSSR count). The van der Waals surface area contributed by atoms with Crippen molar-refractivity contribution in [2.24, 2.45) is 5.41 Å². The van der Waals surface area contributed by atoms with Gasteiger partial charge in [-0.1, -0.05) is 63.9 Å². The van der Waals surface area contributed by atoms with Crippen LogP contribution < -0.4 is 10.6 Å². The predicted molar refractivity (Wildman–Crippen MR) is 148 cm³/mol. The number of ether oxygens (including phenoxy) is 1. The number of carbonyl (C=O) groups excluding carboxylic acids is 2. The largest absolute Gasteiger partial charge is 0.378 e. The van der Waals surface area contributed by atoms with Crippen LogP contribution in [-0.4, -0.2) is 78.8 Å². The van der Waals surface area contributed by atoms with Gasteiger partial charge in [-0.2, -0.15) is 5.26 Å². The third kappa shape index (κ3) is 7.27. The Morgan fingerprint density at radius 3 is 2.37 bits per heavy atom. The molecular formula is C30H45N5O3. The van der Waals surface area contributed by atoms with E-state index in [4.69, 9.17) is 4.74 Å². The van der Waals surface area contributed by atoms with E-state index in [1.165, 1.54) is 31.2 Å². The molecule has 1 aromatic carbocycles. The summed E-state index contributed by atoms with van der Waals surface area (Å²) in [5, 5.41) is 16.3. The molecule has 38 heavy (non-hydrogen) atoms. The molecule has 1 saturated carbocycles. The van der Waals surface area contributed by atoms with E-state index < -0.39 is 11.6 Å². The summed E-state index contributed by atoms with van der Waals surface area (Å²) in [6.45, 7) is 9.77. The Morgan fingerprint density at radius 1 is 1.08 bits per heavy atom. The van der Waals surface area contributed by atoms with Gasteiger partial charge in [0.2, 0.25) is 5.91 Å². The van der Waals surface area contributed by atoms with Crippen molar-refractivity contribution < 1.29 is 14.3 Å². The second-order valence-electron chi connectivity index (χ2n) is 12.5. The molecule has 1 aliphatic carbocycles. The molecule has 2 heterocycles. The monoisotopic (exact) mass is 523 g/mol. The molecule has 3 amide bonds. The van der Waals surface area contributed by atoms with Gasteiger partial charge in [0.25, 0.3) is 0 Å². The van der Waals surface area contributed by atoms with Crippen molar-refractivity contribution in [1.29, 1.82) is 5.26 Å². The van der Waals surface area contributed by atoms with Crippen molar-refractivity contribution in [1.82, 2.24) is 20.4 Å². The maximum atomic E-state index is 13.6. The number of nitrogens with one attached hydrogen (secondary N) is 2. The van der Waals surface area contributed by atoms with Gasteiger partial charge in [0.1, 0.15) is 11.6 Å². The number of piperidine rings is 1. The number of morpholine rings is 1. The molecule has 0 spiro atoms. The number of hydrogen-bond donors (Lipinski definition) is 2. The average Bonchev–Trinajstić information content (AvgIpc) is 2.93. The first-order valence-electron chi connectivity index (χ1n) is 14.4. The van der Waals surface area contributed by atoms with Gasteiger partial charge in [-0.25, -0.2) is 4.79 Å². The molecule has 208 valence electrons. The zero-order valence-corrected chi connectivity index (χ0v) is 23.4. The number of amides is 3. The Kier molecular flexibility index (Phi) is 9.32. The van der Waals surface area contributed by atoms with E-state index in [0.29, 0.717) is 57.5 Å². The fraction of sp³-hybridized carbons (Fsp3) is 0.700. The summed E-state index contributed by atoms with van der Waals surface area (Å²) in [5.74, 6) is 0.247. The molecular weight excluding hydrogens is 478 g/mol. The highest BCUT2D eigenvalue weighted by atomic mass is 16.5. The second kappa shape index (κ2) is 12.5. The summed E-state index contributed by atoms with van der Waals surface area (Å²) < 4.78 is 5.35. The minimum absolute atomic E-state index is 0.170. The van der Waals surface area contributed by atoms with Crippen LogP contribution >= 0.6 is 0 Å². The third-order valence-corrected chi connectivity index (χ3v) is 8.38. The Bertz CT molecular complexity index is 972. The summed E-state index contributed by atoms with van der Waals surface area (Å²) >= 11 is 0.